The maximum absolute atomic E-state index is 13.5. The Balaban J connectivity index is 0.000000111. The smallest absolute Gasteiger partial charge is 0.150 e. The number of nitrogens with zero attached hydrogens (tertiary/aromatic N) is 18. The van der Waals surface area contributed by atoms with Crippen LogP contribution in [-0.4, -0.2) is 213 Å². The van der Waals surface area contributed by atoms with Crippen molar-refractivity contribution in [2.24, 2.45) is 25.0 Å². The molecule has 1 unspecified atom stereocenters. The molecule has 11 aliphatic heterocycles. The molecular formula is C111H122F2N18O8. The Hall–Kier alpha value is -13.7. The molecule has 7 atom stereocenters. The van der Waals surface area contributed by atoms with Crippen LogP contribution < -0.4 is 48.2 Å². The van der Waals surface area contributed by atoms with Crippen molar-refractivity contribution in [1.82, 2.24) is 39.7 Å². The van der Waals surface area contributed by atoms with Crippen LogP contribution in [0.25, 0.3) is 0 Å². The van der Waals surface area contributed by atoms with Gasteiger partial charge in [-0.1, -0.05) is 30.3 Å². The van der Waals surface area contributed by atoms with E-state index in [9.17, 15) is 13.9 Å². The van der Waals surface area contributed by atoms with E-state index in [4.69, 9.17) is 53.1 Å². The fraction of sp³-hybridized carbons (Fsp3) is 0.387. The first-order chi connectivity index (χ1) is 67.6. The normalized spacial score (nSPS) is 20.1. The number of morpholine rings is 1. The molecule has 0 aliphatic carbocycles. The number of aromatic nitrogens is 8. The van der Waals surface area contributed by atoms with Gasteiger partial charge >= 0.3 is 0 Å². The van der Waals surface area contributed by atoms with E-state index in [0.717, 1.165) is 210 Å². The van der Waals surface area contributed by atoms with Gasteiger partial charge in [-0.3, -0.25) is 34.6 Å². The summed E-state index contributed by atoms with van der Waals surface area (Å²) in [6.07, 6.45) is 18.7. The summed E-state index contributed by atoms with van der Waals surface area (Å²) in [7, 11) is 1.63. The van der Waals surface area contributed by atoms with Gasteiger partial charge in [0.1, 0.15) is 63.9 Å². The van der Waals surface area contributed by atoms with Crippen LogP contribution >= 0.6 is 0 Å². The highest BCUT2D eigenvalue weighted by molar-refractivity contribution is 6.18. The number of anilines is 5. The topological polar surface area (TPSA) is 258 Å². The number of piperidine rings is 1. The van der Waals surface area contributed by atoms with Crippen molar-refractivity contribution in [3.05, 3.63) is 315 Å². The molecule has 0 saturated carbocycles. The number of aliphatic hydroxyl groups is 1. The van der Waals surface area contributed by atoms with Crippen molar-refractivity contribution in [3.8, 4) is 28.7 Å². The Morgan fingerprint density at radius 1 is 0.367 bits per heavy atom. The van der Waals surface area contributed by atoms with Crippen LogP contribution in [0.15, 0.2) is 251 Å². The highest BCUT2D eigenvalue weighted by Gasteiger charge is 2.41. The highest BCUT2D eigenvalue weighted by atomic mass is 19.2. The van der Waals surface area contributed by atoms with Crippen molar-refractivity contribution < 1.29 is 47.0 Å². The van der Waals surface area contributed by atoms with E-state index in [1.54, 1.807) is 24.4 Å². The summed E-state index contributed by atoms with van der Waals surface area (Å²) in [5, 5.41) is 14.5. The minimum Gasteiger partial charge on any atom is -0.491 e. The number of hydrogen-bond donors (Lipinski definition) is 1. The predicted molar refractivity (Wildman–Crippen MR) is 542 cm³/mol. The lowest BCUT2D eigenvalue weighted by atomic mass is 10.00. The molecule has 0 amide bonds. The molecule has 0 spiro atoms. The number of aliphatic imine (C=N–C) groups is 5. The quantitative estimate of drug-likeness (QED) is 0.0624. The maximum atomic E-state index is 13.5. The molecule has 28 heteroatoms. The van der Waals surface area contributed by atoms with Gasteiger partial charge in [0, 0.05) is 170 Å². The molecule has 6 fully saturated rings. The second kappa shape index (κ2) is 42.3. The summed E-state index contributed by atoms with van der Waals surface area (Å²) in [5.41, 5.74) is 23.3. The third-order valence-electron chi connectivity index (χ3n) is 26.6. The summed E-state index contributed by atoms with van der Waals surface area (Å²) in [6, 6.07) is 58.7. The molecule has 139 heavy (non-hydrogen) atoms. The number of rotatable bonds is 23. The van der Waals surface area contributed by atoms with Crippen LogP contribution in [0.2, 0.25) is 0 Å². The van der Waals surface area contributed by atoms with Gasteiger partial charge in [-0.25, -0.2) is 33.7 Å². The van der Waals surface area contributed by atoms with E-state index in [0.29, 0.717) is 56.1 Å². The molecule has 718 valence electrons. The largest absolute Gasteiger partial charge is 0.491 e. The SMILES string of the molecule is CC(C)Oc1ccc2c(c1)C(c1ccnc(N3CCC(c4ccncc4)C3)c1)=NC2.CC(C)Oc1ccc2c(c1)C(c1ccnc(N3CCC(n4cccn4)CC3)c1)=NC2.CC(C)Oc1ccc2c(c1)C(c1ccnc(N3C[C@@H]4C[C@H]3CO4)c1)=NC2.CC(C)Oc1ccc2c(c1)C(c1ccnc(N3C[C@H](F)[C@@H](F)C3)c1)=NC2.CO[C@H]1CN(c2cc(C3=NCc4ccc(OC(C)C)cc43)ccn2)C[C@@H]1O. The zero-order valence-corrected chi connectivity index (χ0v) is 80.9. The molecule has 6 saturated heterocycles. The molecule has 2 bridgehead atoms. The van der Waals surface area contributed by atoms with Crippen LogP contribution in [0.4, 0.5) is 37.9 Å². The van der Waals surface area contributed by atoms with E-state index in [1.165, 1.54) is 44.5 Å². The molecule has 0 radical (unpaired) electrons. The average Bonchev–Trinajstić information content (AvgIpc) is 1.64. The van der Waals surface area contributed by atoms with Gasteiger partial charge in [0.2, 0.25) is 0 Å². The summed E-state index contributed by atoms with van der Waals surface area (Å²) in [4.78, 5) is 61.6. The number of halogens is 2. The molecule has 26 nitrogen and oxygen atoms in total. The molecule has 23 rings (SSSR count). The Kier molecular flexibility index (Phi) is 28.7. The number of fused-ring (bicyclic) bond motifs is 7. The molecule has 7 aromatic heterocycles. The van der Waals surface area contributed by atoms with Gasteiger partial charge < -0.3 is 62.8 Å². The van der Waals surface area contributed by atoms with Crippen LogP contribution in [0.5, 0.6) is 28.7 Å². The molecule has 18 heterocycles. The lowest BCUT2D eigenvalue weighted by molar-refractivity contribution is 0.0217. The molecule has 5 aromatic carbocycles. The van der Waals surface area contributed by atoms with Crippen LogP contribution in [0.3, 0.4) is 0 Å². The van der Waals surface area contributed by atoms with E-state index in [2.05, 4.69) is 168 Å². The number of pyridine rings is 6. The number of benzene rings is 5. The highest BCUT2D eigenvalue weighted by Crippen LogP contribution is 2.40. The van der Waals surface area contributed by atoms with Crippen molar-refractivity contribution in [2.75, 3.05) is 97.1 Å². The summed E-state index contributed by atoms with van der Waals surface area (Å²) in [5.74, 6) is 9.38. The number of alkyl halides is 2. The number of methoxy groups -OCH3 is 1. The lowest BCUT2D eigenvalue weighted by Gasteiger charge is -2.33. The summed E-state index contributed by atoms with van der Waals surface area (Å²) in [6.45, 7) is 30.7. The number of hydrogen-bond acceptors (Lipinski definition) is 25. The monoisotopic (exact) mass is 1870 g/mol. The first kappa shape index (κ1) is 94.3. The third kappa shape index (κ3) is 21.9. The fourth-order valence-electron chi connectivity index (χ4n) is 20.0. The van der Waals surface area contributed by atoms with Crippen molar-refractivity contribution in [3.63, 3.8) is 0 Å². The van der Waals surface area contributed by atoms with Crippen LogP contribution in [0, 0.1) is 0 Å². The molecule has 11 aliphatic rings. The Labute approximate surface area is 812 Å². The van der Waals surface area contributed by atoms with Gasteiger partial charge in [-0.05, 0) is 268 Å². The molecule has 12 aromatic rings. The van der Waals surface area contributed by atoms with E-state index in [-0.39, 0.29) is 49.7 Å². The standard InChI is InChI=1S/C25H26N4O.C24H27N5O.C21H25N3O3.C21H23N3O2.C20H21F2N3O/c1-17(2)30-22-4-3-20-15-28-25(23(20)14-22)19-7-11-27-24(13-19)29-12-8-21(16-29)18-5-9-26-10-6-18;1-17(2)30-21-5-4-19-16-26-24(22(19)15-21)18-6-10-25-23(14-18)28-12-7-20(8-13-28)29-11-3-9-27-29;1-13(2)27-16-5-4-15-10-23-21(17(15)9-16)14-6-7-22-20(8-14)24-11-18(25)19(12-24)26-3;1-13(2)26-17-4-3-15-10-23-21(19(15)9-17)14-5-6-22-20(7-14)24-11-18-8-16(24)12-25-18;1-12(2)26-15-4-3-14-9-24-20(16(14)8-15)13-5-6-23-19(7-13)25-10-17(21)18(22)11-25/h3-7,9-11,13-14,17,21H,8,12,15-16H2,1-2H3;3-6,9-11,14-15,17,20H,7-8,12-13,16H2,1-2H3;4-9,13,18-19,25H,10-12H2,1-3H3;3-7,9,13,16,18H,8,10-12H2,1-2H3;3-8,12,17-18H,9-11H2,1-2H3/t;;18-,19-;16-,18-;17-,18-/m..000/s1. The zero-order chi connectivity index (χ0) is 95.9. The fourth-order valence-corrected chi connectivity index (χ4v) is 20.0. The number of β-amino-alcohol motifs (C(OH)–C–C–N with tert-alkyl or cyclic N) is 1. The van der Waals surface area contributed by atoms with E-state index < -0.39 is 18.4 Å². The average molecular weight is 1870 g/mol. The van der Waals surface area contributed by atoms with Gasteiger partial charge in [0.15, 0.2) is 12.3 Å². The second-order valence-corrected chi connectivity index (χ2v) is 38.4. The minimum atomic E-state index is -1.46. The Morgan fingerprint density at radius 2 is 0.727 bits per heavy atom. The van der Waals surface area contributed by atoms with Crippen molar-refractivity contribution in [1.29, 1.82) is 0 Å². The van der Waals surface area contributed by atoms with Gasteiger partial charge in [-0.15, -0.1) is 0 Å². The third-order valence-corrected chi connectivity index (χ3v) is 26.6. The van der Waals surface area contributed by atoms with Crippen molar-refractivity contribution >= 4 is 57.6 Å². The Bertz CT molecular complexity index is 6510. The minimum absolute atomic E-state index is 0.0348. The number of ether oxygens (including phenoxy) is 7. The predicted octanol–water partition coefficient (Wildman–Crippen LogP) is 18.2. The lowest BCUT2D eigenvalue weighted by Crippen LogP contribution is -2.37. The summed E-state index contributed by atoms with van der Waals surface area (Å²) >= 11 is 0. The number of aliphatic hydroxyl groups excluding tert-OH is 1. The Morgan fingerprint density at radius 3 is 1.07 bits per heavy atom. The molecule has 1 N–H and O–H groups in total. The second-order valence-electron chi connectivity index (χ2n) is 38.4. The molecular weight excluding hydrogens is 1750 g/mol. The van der Waals surface area contributed by atoms with Crippen molar-refractivity contribution in [2.45, 2.75) is 207 Å². The van der Waals surface area contributed by atoms with Crippen LogP contribution in [-0.2, 0) is 42.2 Å². The first-order valence-electron chi connectivity index (χ1n) is 48.9. The van der Waals surface area contributed by atoms with Gasteiger partial charge in [0.25, 0.3) is 0 Å². The first-order valence-corrected chi connectivity index (χ1v) is 48.9. The van der Waals surface area contributed by atoms with E-state index >= 15 is 0 Å². The van der Waals surface area contributed by atoms with Gasteiger partial charge in [-0.2, -0.15) is 5.10 Å². The van der Waals surface area contributed by atoms with Gasteiger partial charge in [0.05, 0.1) is 136 Å². The van der Waals surface area contributed by atoms with E-state index in [1.807, 2.05) is 179 Å². The zero-order valence-electron chi connectivity index (χ0n) is 80.9. The van der Waals surface area contributed by atoms with Crippen LogP contribution in [0.1, 0.15) is 196 Å². The maximum Gasteiger partial charge on any atom is 0.150 e. The summed E-state index contributed by atoms with van der Waals surface area (Å²) < 4.78 is 69.5.